The number of carbonyl (C=O) groups is 2. The normalized spacial score (nSPS) is 14.8. The minimum absolute atomic E-state index is 0. The number of carboxylic acids is 1. The molecule has 13 heteroatoms. The summed E-state index contributed by atoms with van der Waals surface area (Å²) in [5.74, 6) is 0.931. The van der Waals surface area contributed by atoms with E-state index in [2.05, 4.69) is 47.5 Å². The number of carbonyl (C=O) groups excluding carboxylic acids is 1. The van der Waals surface area contributed by atoms with Gasteiger partial charge in [-0.2, -0.15) is 0 Å². The molecule has 4 heterocycles. The van der Waals surface area contributed by atoms with E-state index in [-0.39, 0.29) is 76.8 Å². The van der Waals surface area contributed by atoms with Gasteiger partial charge >= 0.3 is 5.97 Å². The fourth-order valence-electron chi connectivity index (χ4n) is 8.49. The van der Waals surface area contributed by atoms with Gasteiger partial charge in [-0.05, 0) is 93.5 Å². The van der Waals surface area contributed by atoms with Crippen molar-refractivity contribution in [3.8, 4) is 22.8 Å². The molecular formula is C45H40N8O3Y2-2. The van der Waals surface area contributed by atoms with Crippen LogP contribution in [-0.4, -0.2) is 55.9 Å². The van der Waals surface area contributed by atoms with Gasteiger partial charge in [0.05, 0.1) is 27.6 Å². The fourth-order valence-corrected chi connectivity index (χ4v) is 8.49. The first-order valence-corrected chi connectivity index (χ1v) is 19.5. The average Bonchev–Trinajstić information content (AvgIpc) is 3.83. The molecule has 10 rings (SSSR count). The molecule has 2 radical (unpaired) electrons. The van der Waals surface area contributed by atoms with Gasteiger partial charge in [0.2, 0.25) is 0 Å². The van der Waals surface area contributed by atoms with Crippen LogP contribution in [-0.2, 0) is 65.4 Å². The van der Waals surface area contributed by atoms with Crippen LogP contribution in [0.5, 0.6) is 0 Å². The van der Waals surface area contributed by atoms with E-state index in [1.165, 1.54) is 38.5 Å². The molecule has 286 valence electrons. The molecule has 0 aliphatic heterocycles. The van der Waals surface area contributed by atoms with Crippen molar-refractivity contribution in [1.82, 2.24) is 39.0 Å². The molecule has 2 saturated carbocycles. The molecule has 11 nitrogen and oxygen atoms in total. The number of ketones is 1. The van der Waals surface area contributed by atoms with Crippen LogP contribution in [0.4, 0.5) is 0 Å². The summed E-state index contributed by atoms with van der Waals surface area (Å²) in [5.41, 5.74) is 9.87. The Bertz CT molecular complexity index is 2580. The second kappa shape index (κ2) is 18.4. The van der Waals surface area contributed by atoms with Crippen molar-refractivity contribution < 1.29 is 80.1 Å². The summed E-state index contributed by atoms with van der Waals surface area (Å²) in [6, 6.07) is 23.9. The molecule has 0 saturated heterocycles. The Morgan fingerprint density at radius 1 is 0.569 bits per heavy atom. The molecule has 8 aromatic rings. The van der Waals surface area contributed by atoms with E-state index in [9.17, 15) is 14.7 Å². The van der Waals surface area contributed by atoms with Gasteiger partial charge in [0.25, 0.3) is 0 Å². The molecule has 4 aromatic heterocycles. The Labute approximate surface area is 386 Å². The maximum Gasteiger partial charge on any atom is 0.335 e. The number of hydrogen-bond acceptors (Lipinski definition) is 8. The predicted octanol–water partition coefficient (Wildman–Crippen LogP) is 9.80. The van der Waals surface area contributed by atoms with E-state index in [1.807, 2.05) is 54.6 Å². The van der Waals surface area contributed by atoms with Crippen molar-refractivity contribution in [2.45, 2.75) is 83.2 Å². The van der Waals surface area contributed by atoms with Gasteiger partial charge in [0, 0.05) is 105 Å². The number of nitrogens with zero attached hydrogens (tertiary/aromatic N) is 8. The Hall–Kier alpha value is -4.15. The van der Waals surface area contributed by atoms with E-state index in [0.717, 1.165) is 87.1 Å². The molecule has 0 atom stereocenters. The maximum absolute atomic E-state index is 11.8. The number of benzene rings is 4. The van der Waals surface area contributed by atoms with E-state index in [4.69, 9.17) is 9.97 Å². The third kappa shape index (κ3) is 8.46. The van der Waals surface area contributed by atoms with E-state index in [0.29, 0.717) is 23.2 Å². The molecule has 0 unspecified atom stereocenters. The van der Waals surface area contributed by atoms with Crippen molar-refractivity contribution in [2.75, 3.05) is 0 Å². The number of rotatable bonds is 6. The number of Topliss-reactive ketones (excluding diaryl/α,β-unsaturated/α-hetero) is 1. The molecule has 2 aliphatic carbocycles. The van der Waals surface area contributed by atoms with Crippen LogP contribution in [0, 0.1) is 12.4 Å². The average molecular weight is 919 g/mol. The monoisotopic (exact) mass is 918 g/mol. The van der Waals surface area contributed by atoms with Gasteiger partial charge in [-0.1, -0.05) is 61.7 Å². The Balaban J connectivity index is 0.000000171. The van der Waals surface area contributed by atoms with Crippen molar-refractivity contribution in [3.63, 3.8) is 0 Å². The zero-order valence-corrected chi connectivity index (χ0v) is 38.0. The molecule has 2 aliphatic rings. The van der Waals surface area contributed by atoms with Crippen molar-refractivity contribution >= 4 is 55.9 Å². The van der Waals surface area contributed by atoms with Crippen LogP contribution in [0.3, 0.4) is 0 Å². The Morgan fingerprint density at radius 3 is 1.47 bits per heavy atom. The molecule has 4 aromatic carbocycles. The number of imidazole rings is 2. The van der Waals surface area contributed by atoms with Crippen molar-refractivity contribution in [1.29, 1.82) is 0 Å². The second-order valence-electron chi connectivity index (χ2n) is 14.9. The standard InChI is InChI=1S/C23H21N4O.C22H19N4O2.2Y/c1-15(28)16-8-10-22-21(13-16)26-23(27(22)18-5-3-2-4-6-18)17-7-9-19-20(14-17)25-12-11-24-19;27-22(28)15-7-9-20-19(13-15)25-21(26(20)16-4-2-1-3-5-16)14-6-8-17-18(12-14)24-11-10-23-17;;/h7-10,12-14,18H,2-6H2,1H3;6-9,11-13,16H,1-5H2,(H,27,28);;/q2*-1;;. The Kier molecular flexibility index (Phi) is 13.3. The van der Waals surface area contributed by atoms with Crippen LogP contribution < -0.4 is 0 Å². The molecule has 0 spiro atoms. The zero-order valence-electron chi connectivity index (χ0n) is 32.3. The SMILES string of the molecule is CC(=O)c1ccc2c(c1)nc(-c1ccc3n[c-]cnc3c1)n2C1CCCCC1.O=C(O)c1ccc2c(c1)nc(-c1ccc3n[c-]cnc3c1)n2C1CCCCC1.[Y].[Y]. The first kappa shape index (κ1) is 42.0. The molecule has 58 heavy (non-hydrogen) atoms. The summed E-state index contributed by atoms with van der Waals surface area (Å²) in [5, 5.41) is 9.35. The first-order chi connectivity index (χ1) is 27.4. The van der Waals surface area contributed by atoms with Crippen LogP contribution in [0.25, 0.3) is 66.9 Å². The van der Waals surface area contributed by atoms with Crippen molar-refractivity contribution in [3.05, 3.63) is 109 Å². The summed E-state index contributed by atoms with van der Waals surface area (Å²) < 4.78 is 4.67. The van der Waals surface area contributed by atoms with Gasteiger partial charge in [0.15, 0.2) is 5.78 Å². The first-order valence-electron chi connectivity index (χ1n) is 19.5. The second-order valence-corrected chi connectivity index (χ2v) is 14.9. The summed E-state index contributed by atoms with van der Waals surface area (Å²) in [4.78, 5) is 50.3. The third-order valence-corrected chi connectivity index (χ3v) is 11.3. The number of hydrogen-bond donors (Lipinski definition) is 1. The van der Waals surface area contributed by atoms with E-state index in [1.54, 1.807) is 31.5 Å². The molecule has 2 fully saturated rings. The van der Waals surface area contributed by atoms with E-state index >= 15 is 0 Å². The van der Waals surface area contributed by atoms with Gasteiger partial charge in [0.1, 0.15) is 11.6 Å². The summed E-state index contributed by atoms with van der Waals surface area (Å²) in [6.07, 6.45) is 20.7. The van der Waals surface area contributed by atoms with Gasteiger partial charge in [-0.3, -0.25) is 14.8 Å². The quantitative estimate of drug-likeness (QED) is 0.127. The predicted molar refractivity (Wildman–Crippen MR) is 215 cm³/mol. The topological polar surface area (TPSA) is 142 Å². The molecule has 1 N–H and O–H groups in total. The smallest absolute Gasteiger partial charge is 0.335 e. The summed E-state index contributed by atoms with van der Waals surface area (Å²) in [6.45, 7) is 1.60. The van der Waals surface area contributed by atoms with Crippen molar-refractivity contribution in [2.24, 2.45) is 0 Å². The molecular weight excluding hydrogens is 878 g/mol. The maximum atomic E-state index is 11.8. The minimum Gasteiger partial charge on any atom is -0.478 e. The van der Waals surface area contributed by atoms with Crippen LogP contribution in [0.1, 0.15) is 104 Å². The summed E-state index contributed by atoms with van der Waals surface area (Å²) in [7, 11) is 0. The Morgan fingerprint density at radius 2 is 1.02 bits per heavy atom. The molecule has 0 amide bonds. The van der Waals surface area contributed by atoms with E-state index < -0.39 is 5.97 Å². The van der Waals surface area contributed by atoms with Crippen LogP contribution in [0.15, 0.2) is 85.2 Å². The fraction of sp³-hybridized carbons (Fsp3) is 0.289. The molecule has 0 bridgehead atoms. The summed E-state index contributed by atoms with van der Waals surface area (Å²) >= 11 is 0. The zero-order chi connectivity index (χ0) is 38.2. The van der Waals surface area contributed by atoms with Gasteiger partial charge in [-0.25, -0.2) is 14.8 Å². The number of carboxylic acid groups (broad SMARTS) is 1. The largest absolute Gasteiger partial charge is 0.478 e. The number of fused-ring (bicyclic) bond motifs is 4. The number of aromatic carboxylic acids is 1. The minimum atomic E-state index is -0.937. The third-order valence-electron chi connectivity index (χ3n) is 11.3. The van der Waals surface area contributed by atoms with Gasteiger partial charge in [-0.15, -0.1) is 24.5 Å². The van der Waals surface area contributed by atoms with Gasteiger partial charge < -0.3 is 24.2 Å². The van der Waals surface area contributed by atoms with Crippen LogP contribution in [0.2, 0.25) is 0 Å². The van der Waals surface area contributed by atoms with Crippen LogP contribution >= 0.6 is 0 Å². The number of aromatic nitrogens is 8.